The highest BCUT2D eigenvalue weighted by atomic mass is 35.5. The summed E-state index contributed by atoms with van der Waals surface area (Å²) < 4.78 is 5.52. The molecule has 0 amide bonds. The molecule has 9 heteroatoms. The van der Waals surface area contributed by atoms with Crippen LogP contribution in [0.2, 0.25) is 5.15 Å². The van der Waals surface area contributed by atoms with Gasteiger partial charge in [0.25, 0.3) is 0 Å². The zero-order chi connectivity index (χ0) is 18.9. The maximum atomic E-state index is 6.35. The number of fused-ring (bicyclic) bond motifs is 1. The predicted octanol–water partition coefficient (Wildman–Crippen LogP) is 2.73. The topological polar surface area (TPSA) is 79.2 Å². The molecule has 0 aliphatic heterocycles. The van der Waals surface area contributed by atoms with E-state index in [4.69, 9.17) is 21.7 Å². The molecule has 1 aliphatic rings. The molecule has 0 unspecified atom stereocenters. The van der Waals surface area contributed by atoms with Crippen molar-refractivity contribution < 1.29 is 0 Å². The number of hydrogen-bond donors (Lipinski definition) is 0. The lowest BCUT2D eigenvalue weighted by Crippen LogP contribution is -1.98. The highest BCUT2D eigenvalue weighted by Gasteiger charge is 2.43. The van der Waals surface area contributed by atoms with Crippen LogP contribution in [0.25, 0.3) is 22.7 Å². The van der Waals surface area contributed by atoms with Crippen LogP contribution < -0.4 is 0 Å². The third kappa shape index (κ3) is 2.47. The van der Waals surface area contributed by atoms with E-state index >= 15 is 0 Å². The first-order valence-corrected chi connectivity index (χ1v) is 9.19. The molecule has 0 N–H and O–H groups in total. The second kappa shape index (κ2) is 5.63. The fraction of sp³-hybridized carbons (Fsp3) is 0.389. The molecular weight excluding hydrogens is 364 g/mol. The van der Waals surface area contributed by atoms with Gasteiger partial charge in [0.2, 0.25) is 0 Å². The lowest BCUT2D eigenvalue weighted by Gasteiger charge is -2.01. The number of rotatable bonds is 3. The monoisotopic (exact) mass is 382 g/mol. The summed E-state index contributed by atoms with van der Waals surface area (Å²) >= 11 is 6.35. The predicted molar refractivity (Wildman–Crippen MR) is 102 cm³/mol. The van der Waals surface area contributed by atoms with Gasteiger partial charge >= 0.3 is 0 Å². The summed E-state index contributed by atoms with van der Waals surface area (Å²) in [5, 5.41) is 9.68. The molecule has 1 aliphatic carbocycles. The van der Waals surface area contributed by atoms with E-state index in [9.17, 15) is 0 Å². The van der Waals surface area contributed by atoms with Gasteiger partial charge in [0.1, 0.15) is 16.7 Å². The number of nitrogens with zero attached hydrogens (tertiary/aromatic N) is 8. The van der Waals surface area contributed by atoms with Gasteiger partial charge in [0.05, 0.1) is 23.8 Å². The minimum atomic E-state index is 0.363. The molecule has 138 valence electrons. The maximum Gasteiger partial charge on any atom is 0.197 e. The van der Waals surface area contributed by atoms with Crippen LogP contribution in [0.4, 0.5) is 0 Å². The molecule has 0 bridgehead atoms. The summed E-state index contributed by atoms with van der Waals surface area (Å²) in [6.45, 7) is 1.95. The van der Waals surface area contributed by atoms with Crippen LogP contribution in [0, 0.1) is 6.92 Å². The molecule has 8 nitrogen and oxygen atoms in total. The molecular formula is C18H19ClN8. The van der Waals surface area contributed by atoms with Crippen molar-refractivity contribution in [3.05, 3.63) is 40.7 Å². The SMILES string of the molecule is Cc1nc2ncc(-c3cc([C@@H]4C[C@H]4c4cnn(C)c4Cl)nn3C)nc2n1C. The Labute approximate surface area is 160 Å². The van der Waals surface area contributed by atoms with Gasteiger partial charge < -0.3 is 4.57 Å². The van der Waals surface area contributed by atoms with E-state index in [1.807, 2.05) is 43.5 Å². The van der Waals surface area contributed by atoms with Crippen molar-refractivity contribution in [2.24, 2.45) is 21.1 Å². The Hall–Kier alpha value is -2.74. The number of hydrogen-bond acceptors (Lipinski definition) is 5. The van der Waals surface area contributed by atoms with Crippen molar-refractivity contribution in [2.75, 3.05) is 0 Å². The van der Waals surface area contributed by atoms with Gasteiger partial charge in [-0.1, -0.05) is 11.6 Å². The Morgan fingerprint density at radius 1 is 1.07 bits per heavy atom. The van der Waals surface area contributed by atoms with Gasteiger partial charge in [0.15, 0.2) is 11.3 Å². The molecule has 0 radical (unpaired) electrons. The lowest BCUT2D eigenvalue weighted by molar-refractivity contribution is 0.744. The van der Waals surface area contributed by atoms with E-state index in [0.717, 1.165) is 40.5 Å². The highest BCUT2D eigenvalue weighted by Crippen LogP contribution is 2.55. The van der Waals surface area contributed by atoms with Crippen LogP contribution in [0.5, 0.6) is 0 Å². The molecule has 4 aromatic rings. The summed E-state index contributed by atoms with van der Waals surface area (Å²) in [5.74, 6) is 1.63. The fourth-order valence-electron chi connectivity index (χ4n) is 3.65. The van der Waals surface area contributed by atoms with Gasteiger partial charge in [0, 0.05) is 32.6 Å². The summed E-state index contributed by atoms with van der Waals surface area (Å²) in [4.78, 5) is 13.6. The minimum Gasteiger partial charge on any atom is -0.315 e. The Balaban J connectivity index is 1.49. The van der Waals surface area contributed by atoms with E-state index in [1.165, 1.54) is 0 Å². The van der Waals surface area contributed by atoms with Crippen molar-refractivity contribution in [1.29, 1.82) is 0 Å². The highest BCUT2D eigenvalue weighted by molar-refractivity contribution is 6.30. The number of aromatic nitrogens is 8. The van der Waals surface area contributed by atoms with Crippen molar-refractivity contribution in [3.8, 4) is 11.4 Å². The van der Waals surface area contributed by atoms with E-state index in [-0.39, 0.29) is 0 Å². The quantitative estimate of drug-likeness (QED) is 0.544. The van der Waals surface area contributed by atoms with E-state index in [1.54, 1.807) is 10.9 Å². The summed E-state index contributed by atoms with van der Waals surface area (Å²) in [6.07, 6.45) is 4.66. The Bertz CT molecular complexity index is 1180. The molecule has 5 rings (SSSR count). The first-order valence-electron chi connectivity index (χ1n) is 8.81. The van der Waals surface area contributed by atoms with Crippen LogP contribution in [0.1, 0.15) is 35.3 Å². The van der Waals surface area contributed by atoms with Crippen LogP contribution >= 0.6 is 11.6 Å². The molecule has 0 aromatic carbocycles. The van der Waals surface area contributed by atoms with E-state index in [2.05, 4.69) is 21.1 Å². The van der Waals surface area contributed by atoms with Gasteiger partial charge in [-0.05, 0) is 25.3 Å². The maximum absolute atomic E-state index is 6.35. The fourth-order valence-corrected chi connectivity index (χ4v) is 3.88. The Morgan fingerprint density at radius 2 is 1.89 bits per heavy atom. The van der Waals surface area contributed by atoms with Crippen molar-refractivity contribution >= 4 is 22.9 Å². The summed E-state index contributed by atoms with van der Waals surface area (Å²) in [5.41, 5.74) is 5.33. The largest absolute Gasteiger partial charge is 0.315 e. The van der Waals surface area contributed by atoms with Gasteiger partial charge in [-0.2, -0.15) is 10.2 Å². The first-order chi connectivity index (χ1) is 12.9. The molecule has 27 heavy (non-hydrogen) atoms. The van der Waals surface area contributed by atoms with Gasteiger partial charge in [-0.3, -0.25) is 9.36 Å². The van der Waals surface area contributed by atoms with E-state index in [0.29, 0.717) is 22.6 Å². The van der Waals surface area contributed by atoms with E-state index < -0.39 is 0 Å². The molecule has 0 saturated heterocycles. The number of aryl methyl sites for hydroxylation is 4. The smallest absolute Gasteiger partial charge is 0.197 e. The zero-order valence-corrected chi connectivity index (χ0v) is 16.3. The molecule has 1 fully saturated rings. The number of imidazole rings is 1. The standard InChI is InChI=1S/C18H19ClN8/c1-9-22-17-18(25(9)2)23-14(8-20-17)15-6-13(24-26(15)3)11-5-10(11)12-7-21-27(4)16(12)19/h6-8,10-11H,5H2,1-4H3/t10-,11-/m1/s1. The zero-order valence-electron chi connectivity index (χ0n) is 15.5. The molecule has 2 atom stereocenters. The van der Waals surface area contributed by atoms with Crippen molar-refractivity contribution in [3.63, 3.8) is 0 Å². The summed E-state index contributed by atoms with van der Waals surface area (Å²) in [7, 11) is 5.74. The summed E-state index contributed by atoms with van der Waals surface area (Å²) in [6, 6.07) is 2.11. The molecule has 4 heterocycles. The molecule has 1 saturated carbocycles. The molecule has 4 aromatic heterocycles. The van der Waals surface area contributed by atoms with Crippen LogP contribution in [0.15, 0.2) is 18.5 Å². The van der Waals surface area contributed by atoms with Crippen LogP contribution in [-0.2, 0) is 21.1 Å². The second-order valence-electron chi connectivity index (χ2n) is 7.16. The lowest BCUT2D eigenvalue weighted by atomic mass is 10.1. The van der Waals surface area contributed by atoms with Gasteiger partial charge in [-0.15, -0.1) is 0 Å². The third-order valence-electron chi connectivity index (χ3n) is 5.43. The Kier molecular flexibility index (Phi) is 3.42. The Morgan fingerprint density at radius 3 is 2.63 bits per heavy atom. The van der Waals surface area contributed by atoms with Crippen molar-refractivity contribution in [2.45, 2.75) is 25.2 Å². The molecule has 0 spiro atoms. The van der Waals surface area contributed by atoms with Crippen LogP contribution in [0.3, 0.4) is 0 Å². The first kappa shape index (κ1) is 16.4. The van der Waals surface area contributed by atoms with Crippen LogP contribution in [-0.4, -0.2) is 39.1 Å². The van der Waals surface area contributed by atoms with Crippen molar-refractivity contribution in [1.82, 2.24) is 39.1 Å². The normalized spacial score (nSPS) is 19.1. The second-order valence-corrected chi connectivity index (χ2v) is 7.52. The minimum absolute atomic E-state index is 0.363. The number of halogens is 1. The third-order valence-corrected chi connectivity index (χ3v) is 5.89. The average Bonchev–Trinajstić information content (AvgIpc) is 3.12. The average molecular weight is 383 g/mol. The van der Waals surface area contributed by atoms with Gasteiger partial charge in [-0.25, -0.2) is 15.0 Å².